The molecule has 0 aliphatic heterocycles. The molecule has 0 radical (unpaired) electrons. The van der Waals surface area contributed by atoms with Gasteiger partial charge in [-0.3, -0.25) is 0 Å². The average Bonchev–Trinajstić information content (AvgIpc) is 2.43. The van der Waals surface area contributed by atoms with Gasteiger partial charge >= 0.3 is 145 Å². The number of hydrogen-bond donors (Lipinski definition) is 1. The van der Waals surface area contributed by atoms with E-state index < -0.39 is 5.97 Å². The number of carboxylic acid groups (broad SMARTS) is 1. The van der Waals surface area contributed by atoms with Crippen LogP contribution in [-0.2, 0) is 15.6 Å². The Balaban J connectivity index is 2.28. The minimum absolute atomic E-state index is 0.0420. The van der Waals surface area contributed by atoms with Crippen molar-refractivity contribution in [1.29, 1.82) is 0 Å². The number of aliphatic carboxylic acids is 1. The van der Waals surface area contributed by atoms with Crippen LogP contribution in [0.25, 0.3) is 0 Å². The number of fused-ring (bicyclic) bond motifs is 1. The van der Waals surface area contributed by atoms with Gasteiger partial charge in [0.2, 0.25) is 0 Å². The normalized spacial score (nSPS) is 18.6. The van der Waals surface area contributed by atoms with Gasteiger partial charge in [0.05, 0.1) is 0 Å². The summed E-state index contributed by atoms with van der Waals surface area (Å²) < 4.78 is 1.26. The predicted octanol–water partition coefficient (Wildman–Crippen LogP) is 3.36. The van der Waals surface area contributed by atoms with Crippen LogP contribution in [0.1, 0.15) is 58.6 Å². The van der Waals surface area contributed by atoms with Crippen molar-refractivity contribution >= 4 is 25.4 Å². The van der Waals surface area contributed by atoms with Gasteiger partial charge in [0, 0.05) is 0 Å². The summed E-state index contributed by atoms with van der Waals surface area (Å²) in [7, 11) is 0. The second-order valence-corrected chi connectivity index (χ2v) is 9.32. The molecule has 2 rings (SSSR count). The summed E-state index contributed by atoms with van der Waals surface area (Å²) in [5.41, 5.74) is 3.96. The molecule has 0 saturated carbocycles. The molecule has 2 nitrogen and oxygen atoms in total. The van der Waals surface area contributed by atoms with E-state index in [1.165, 1.54) is 28.4 Å². The molecule has 0 atom stereocenters. The van der Waals surface area contributed by atoms with Gasteiger partial charge in [0.1, 0.15) is 0 Å². The van der Waals surface area contributed by atoms with E-state index in [2.05, 4.69) is 56.6 Å². The fourth-order valence-corrected chi connectivity index (χ4v) is 4.37. The van der Waals surface area contributed by atoms with Crippen LogP contribution in [-0.4, -0.2) is 26.0 Å². The van der Waals surface area contributed by atoms with Crippen molar-refractivity contribution in [3.8, 4) is 10.7 Å². The molecule has 1 aliphatic rings. The average molecular weight is 375 g/mol. The van der Waals surface area contributed by atoms with E-state index >= 15 is 0 Å². The molecule has 3 heteroatoms. The monoisotopic (exact) mass is 376 g/mol. The van der Waals surface area contributed by atoms with Crippen molar-refractivity contribution in [3.63, 3.8) is 0 Å². The van der Waals surface area contributed by atoms with Gasteiger partial charge in [-0.05, 0) is 0 Å². The number of carboxylic acids is 1. The summed E-state index contributed by atoms with van der Waals surface area (Å²) in [6.07, 6.45) is 3.58. The van der Waals surface area contributed by atoms with Gasteiger partial charge < -0.3 is 0 Å². The predicted molar refractivity (Wildman–Crippen MR) is 96.3 cm³/mol. The molecule has 0 fully saturated rings. The molecule has 1 aromatic rings. The number of rotatable bonds is 2. The Hall–Kier alpha value is -1.49. The zero-order chi connectivity index (χ0) is 17.3. The fraction of sp³-hybridized carbons (Fsp3) is 0.450. The molecule has 0 aromatic heterocycles. The summed E-state index contributed by atoms with van der Waals surface area (Å²) in [6.45, 7) is 11.0. The molecule has 23 heavy (non-hydrogen) atoms. The SMILES string of the molecule is C/C(C#C[Se]c1ccc2c(c1)C(C)(C)CCC2(C)C)=C\C(=O)O. The van der Waals surface area contributed by atoms with E-state index in [0.29, 0.717) is 5.57 Å². The van der Waals surface area contributed by atoms with Crippen molar-refractivity contribution in [2.75, 3.05) is 0 Å². The third-order valence-electron chi connectivity index (χ3n) is 4.58. The first kappa shape index (κ1) is 17.9. The Bertz CT molecular complexity index is 715. The van der Waals surface area contributed by atoms with Crippen LogP contribution in [0, 0.1) is 10.7 Å². The minimum atomic E-state index is -0.943. The van der Waals surface area contributed by atoms with Crippen LogP contribution in [0.2, 0.25) is 0 Å². The topological polar surface area (TPSA) is 37.3 Å². The Morgan fingerprint density at radius 1 is 1.17 bits per heavy atom. The van der Waals surface area contributed by atoms with E-state index in [9.17, 15) is 4.79 Å². The van der Waals surface area contributed by atoms with Crippen molar-refractivity contribution in [1.82, 2.24) is 0 Å². The summed E-state index contributed by atoms with van der Waals surface area (Å²) in [6, 6.07) is 6.78. The second-order valence-electron chi connectivity index (χ2n) is 7.47. The van der Waals surface area contributed by atoms with E-state index in [-0.39, 0.29) is 25.8 Å². The summed E-state index contributed by atoms with van der Waals surface area (Å²) >= 11 is 0.0420. The van der Waals surface area contributed by atoms with Crippen LogP contribution in [0.15, 0.2) is 29.8 Å². The van der Waals surface area contributed by atoms with Gasteiger partial charge in [-0.15, -0.1) is 0 Å². The first-order chi connectivity index (χ1) is 10.6. The van der Waals surface area contributed by atoms with E-state index in [1.54, 1.807) is 6.92 Å². The standard InChI is InChI=1S/C20H24O2Se/c1-14(12-18(21)22)8-11-23-15-6-7-16-17(13-15)20(4,5)10-9-19(16,2)3/h6-7,12-13H,9-10H2,1-5H3,(H,21,22)/b14-12+. The van der Waals surface area contributed by atoms with Crippen molar-refractivity contribution in [2.24, 2.45) is 0 Å². The van der Waals surface area contributed by atoms with E-state index in [1.807, 2.05) is 0 Å². The third kappa shape index (κ3) is 4.28. The summed E-state index contributed by atoms with van der Waals surface area (Å²) in [4.78, 5) is 13.7. The molecular weight excluding hydrogens is 351 g/mol. The Morgan fingerprint density at radius 2 is 1.78 bits per heavy atom. The van der Waals surface area contributed by atoms with Crippen molar-refractivity contribution in [2.45, 2.75) is 58.3 Å². The Labute approximate surface area is 145 Å². The quantitative estimate of drug-likeness (QED) is 0.489. The van der Waals surface area contributed by atoms with Gasteiger partial charge in [-0.25, -0.2) is 0 Å². The van der Waals surface area contributed by atoms with Crippen LogP contribution in [0.3, 0.4) is 0 Å². The molecule has 1 aliphatic carbocycles. The second kappa shape index (κ2) is 6.55. The van der Waals surface area contributed by atoms with Crippen LogP contribution >= 0.6 is 0 Å². The van der Waals surface area contributed by atoms with E-state index in [4.69, 9.17) is 5.11 Å². The van der Waals surface area contributed by atoms with Gasteiger partial charge in [0.25, 0.3) is 0 Å². The maximum atomic E-state index is 10.6. The van der Waals surface area contributed by atoms with Gasteiger partial charge in [0.15, 0.2) is 0 Å². The van der Waals surface area contributed by atoms with Crippen LogP contribution in [0.5, 0.6) is 0 Å². The Kier molecular flexibility index (Phi) is 5.09. The molecule has 0 unspecified atom stereocenters. The van der Waals surface area contributed by atoms with Crippen LogP contribution in [0.4, 0.5) is 0 Å². The molecule has 0 spiro atoms. The maximum absolute atomic E-state index is 10.6. The van der Waals surface area contributed by atoms with Gasteiger partial charge in [-0.2, -0.15) is 0 Å². The first-order valence-electron chi connectivity index (χ1n) is 7.86. The first-order valence-corrected chi connectivity index (χ1v) is 9.57. The van der Waals surface area contributed by atoms with E-state index in [0.717, 1.165) is 6.08 Å². The number of benzene rings is 1. The molecule has 0 amide bonds. The zero-order valence-corrected chi connectivity index (χ0v) is 16.2. The molecular formula is C20H24O2Se. The molecule has 1 aromatic carbocycles. The summed E-state index contributed by atoms with van der Waals surface area (Å²) in [5.74, 6) is 1.99. The molecule has 1 N–H and O–H groups in total. The number of hydrogen-bond acceptors (Lipinski definition) is 1. The Morgan fingerprint density at radius 3 is 2.39 bits per heavy atom. The zero-order valence-electron chi connectivity index (χ0n) is 14.5. The molecule has 0 saturated heterocycles. The third-order valence-corrected chi connectivity index (χ3v) is 6.04. The van der Waals surface area contributed by atoms with Gasteiger partial charge in [-0.1, -0.05) is 0 Å². The molecule has 0 heterocycles. The van der Waals surface area contributed by atoms with Crippen LogP contribution < -0.4 is 4.46 Å². The number of allylic oxidation sites excluding steroid dienone is 1. The fourth-order valence-electron chi connectivity index (χ4n) is 3.02. The molecule has 0 bridgehead atoms. The van der Waals surface area contributed by atoms with Crippen molar-refractivity contribution in [3.05, 3.63) is 41.0 Å². The van der Waals surface area contributed by atoms with Crippen molar-refractivity contribution < 1.29 is 9.90 Å². The summed E-state index contributed by atoms with van der Waals surface area (Å²) in [5, 5.41) is 8.70. The molecule has 122 valence electrons. The number of carbonyl (C=O) groups is 1.